The van der Waals surface area contributed by atoms with Crippen LogP contribution in [0.25, 0.3) is 0 Å². The van der Waals surface area contributed by atoms with Crippen LogP contribution in [-0.4, -0.2) is 5.16 Å². The van der Waals surface area contributed by atoms with Gasteiger partial charge in [-0.15, -0.1) is 0 Å². The first-order chi connectivity index (χ1) is 10.5. The van der Waals surface area contributed by atoms with E-state index >= 15 is 0 Å². The minimum absolute atomic E-state index is 0.252. The highest BCUT2D eigenvalue weighted by Crippen LogP contribution is 2.50. The molecule has 0 aliphatic carbocycles. The number of nitrogens with two attached hydrogens (primary N) is 2. The van der Waals surface area contributed by atoms with E-state index in [4.69, 9.17) is 11.5 Å². The highest BCUT2D eigenvalue weighted by molar-refractivity contribution is 7.75. The monoisotopic (exact) mass is 336 g/mol. The van der Waals surface area contributed by atoms with Gasteiger partial charge in [-0.2, -0.15) is 0 Å². The molecule has 4 N–H and O–H groups in total. The number of halogens is 2. The molecule has 0 bridgehead atoms. The van der Waals surface area contributed by atoms with E-state index in [2.05, 4.69) is 0 Å². The van der Waals surface area contributed by atoms with Gasteiger partial charge in [-0.25, -0.2) is 8.78 Å². The van der Waals surface area contributed by atoms with Crippen molar-refractivity contribution in [3.8, 4) is 0 Å². The van der Waals surface area contributed by atoms with Gasteiger partial charge < -0.3 is 11.5 Å². The smallest absolute Gasteiger partial charge is 0.124 e. The maximum atomic E-state index is 14.0. The maximum Gasteiger partial charge on any atom is 0.124 e. The molecule has 2 aromatic carbocycles. The van der Waals surface area contributed by atoms with Gasteiger partial charge in [-0.05, 0) is 62.3 Å². The largest absolute Gasteiger partial charge is 0.398 e. The van der Waals surface area contributed by atoms with E-state index in [0.717, 1.165) is 0 Å². The summed E-state index contributed by atoms with van der Waals surface area (Å²) in [7, 11) is -1.13. The van der Waals surface area contributed by atoms with Gasteiger partial charge in [0.05, 0.1) is 0 Å². The molecule has 23 heavy (non-hydrogen) atoms. The molecule has 124 valence electrons. The van der Waals surface area contributed by atoms with E-state index < -0.39 is 7.92 Å². The summed E-state index contributed by atoms with van der Waals surface area (Å²) in [5.41, 5.74) is 14.9. The second kappa shape index (κ2) is 6.09. The minimum atomic E-state index is -1.13. The summed E-state index contributed by atoms with van der Waals surface area (Å²) in [6.45, 7) is 9.67. The van der Waals surface area contributed by atoms with Gasteiger partial charge in [0, 0.05) is 22.0 Å². The highest BCUT2D eigenvalue weighted by Gasteiger charge is 2.32. The Morgan fingerprint density at radius 1 is 0.783 bits per heavy atom. The van der Waals surface area contributed by atoms with Crippen LogP contribution < -0.4 is 22.1 Å². The second-order valence-corrected chi connectivity index (χ2v) is 9.79. The lowest BCUT2D eigenvalue weighted by molar-refractivity contribution is 0.628. The van der Waals surface area contributed by atoms with Crippen LogP contribution in [0.1, 0.15) is 31.9 Å². The third-order valence-electron chi connectivity index (χ3n) is 3.81. The average molecular weight is 336 g/mol. The Balaban J connectivity index is 2.80. The molecule has 2 aromatic rings. The molecule has 0 radical (unpaired) electrons. The van der Waals surface area contributed by atoms with Crippen molar-refractivity contribution in [2.75, 3.05) is 11.5 Å². The Kier molecular flexibility index (Phi) is 4.68. The van der Waals surface area contributed by atoms with E-state index in [0.29, 0.717) is 33.1 Å². The van der Waals surface area contributed by atoms with E-state index in [9.17, 15) is 8.78 Å². The summed E-state index contributed by atoms with van der Waals surface area (Å²) in [5, 5.41) is 1.17. The molecule has 0 aliphatic rings. The minimum Gasteiger partial charge on any atom is -0.398 e. The molecule has 0 atom stereocenters. The van der Waals surface area contributed by atoms with Crippen molar-refractivity contribution in [1.29, 1.82) is 0 Å². The summed E-state index contributed by atoms with van der Waals surface area (Å²) in [4.78, 5) is 0. The van der Waals surface area contributed by atoms with Crippen LogP contribution >= 0.6 is 7.92 Å². The fourth-order valence-electron chi connectivity index (χ4n) is 2.70. The fraction of sp³-hybridized carbons (Fsp3) is 0.333. The quantitative estimate of drug-likeness (QED) is 0.644. The fourth-order valence-corrected chi connectivity index (χ4v) is 5.74. The number of benzene rings is 2. The molecule has 2 nitrogen and oxygen atoms in total. The molecule has 0 aliphatic heterocycles. The van der Waals surface area contributed by atoms with Crippen LogP contribution in [0.5, 0.6) is 0 Å². The number of hydrogen-bond donors (Lipinski definition) is 2. The van der Waals surface area contributed by atoms with Crippen molar-refractivity contribution >= 4 is 29.9 Å². The zero-order valence-corrected chi connectivity index (χ0v) is 15.1. The van der Waals surface area contributed by atoms with Crippen LogP contribution in [-0.2, 0) is 0 Å². The van der Waals surface area contributed by atoms with Crippen LogP contribution in [0.2, 0.25) is 0 Å². The zero-order chi connectivity index (χ0) is 17.5. The second-order valence-electron chi connectivity index (χ2n) is 6.82. The predicted octanol–water partition coefficient (Wildman–Crippen LogP) is 3.98. The topological polar surface area (TPSA) is 52.0 Å². The molecule has 0 aromatic heterocycles. The molecule has 0 saturated carbocycles. The van der Waals surface area contributed by atoms with Crippen molar-refractivity contribution in [3.05, 3.63) is 47.0 Å². The molecule has 0 saturated heterocycles. The molecule has 0 spiro atoms. The van der Waals surface area contributed by atoms with E-state index in [-0.39, 0.29) is 16.8 Å². The third-order valence-corrected chi connectivity index (χ3v) is 6.86. The van der Waals surface area contributed by atoms with E-state index in [1.807, 2.05) is 20.8 Å². The molecule has 0 unspecified atom stereocenters. The summed E-state index contributed by atoms with van der Waals surface area (Å²) >= 11 is 0. The lowest BCUT2D eigenvalue weighted by atomic mass is 10.2. The van der Waals surface area contributed by atoms with Crippen molar-refractivity contribution in [1.82, 2.24) is 0 Å². The Morgan fingerprint density at radius 2 is 1.13 bits per heavy atom. The summed E-state index contributed by atoms with van der Waals surface area (Å²) < 4.78 is 28.0. The van der Waals surface area contributed by atoms with Gasteiger partial charge in [-0.1, -0.05) is 20.8 Å². The number of hydrogen-bond acceptors (Lipinski definition) is 2. The first kappa shape index (κ1) is 17.7. The molecule has 2 rings (SSSR count). The first-order valence-corrected chi connectivity index (χ1v) is 8.78. The lowest BCUT2D eigenvalue weighted by Crippen LogP contribution is -2.30. The molecular weight excluding hydrogens is 313 g/mol. The Hall–Kier alpha value is -1.67. The Labute approximate surface area is 137 Å². The Morgan fingerprint density at radius 3 is 1.43 bits per heavy atom. The Bertz CT molecular complexity index is 694. The molecular formula is C18H23F2N2P. The van der Waals surface area contributed by atoms with Gasteiger partial charge in [-0.3, -0.25) is 0 Å². The SMILES string of the molecule is Cc1cc(F)cc(P(c2cc(F)cc(C)c2N)C(C)(C)C)c1N. The van der Waals surface area contributed by atoms with Crippen LogP contribution in [0, 0.1) is 25.5 Å². The normalized spacial score (nSPS) is 12.0. The van der Waals surface area contributed by atoms with Crippen molar-refractivity contribution in [2.24, 2.45) is 0 Å². The number of nitrogen functional groups attached to an aromatic ring is 2. The van der Waals surface area contributed by atoms with Crippen LogP contribution in [0.4, 0.5) is 20.2 Å². The molecule has 5 heteroatoms. The van der Waals surface area contributed by atoms with Crippen molar-refractivity contribution in [2.45, 2.75) is 39.8 Å². The van der Waals surface area contributed by atoms with E-state index in [1.165, 1.54) is 24.3 Å². The average Bonchev–Trinajstić information content (AvgIpc) is 2.39. The van der Waals surface area contributed by atoms with Crippen molar-refractivity contribution in [3.63, 3.8) is 0 Å². The summed E-state index contributed by atoms with van der Waals surface area (Å²) in [5.74, 6) is -0.676. The summed E-state index contributed by atoms with van der Waals surface area (Å²) in [6, 6.07) is 5.74. The number of anilines is 2. The van der Waals surface area contributed by atoms with Gasteiger partial charge in [0.2, 0.25) is 0 Å². The summed E-state index contributed by atoms with van der Waals surface area (Å²) in [6.07, 6.45) is 0. The molecule has 0 amide bonds. The standard InChI is InChI=1S/C18H23F2N2P/c1-10-6-12(19)8-14(16(10)21)23(18(3,4)5)15-9-13(20)7-11(2)17(15)22/h6-9H,21-22H2,1-5H3. The van der Waals surface area contributed by atoms with Crippen LogP contribution in [0.3, 0.4) is 0 Å². The highest BCUT2D eigenvalue weighted by atomic mass is 31.1. The first-order valence-electron chi connectivity index (χ1n) is 7.44. The lowest BCUT2D eigenvalue weighted by Gasteiger charge is -2.34. The maximum absolute atomic E-state index is 14.0. The zero-order valence-electron chi connectivity index (χ0n) is 14.2. The third kappa shape index (κ3) is 3.48. The van der Waals surface area contributed by atoms with Gasteiger partial charge in [0.1, 0.15) is 11.6 Å². The number of aryl methyl sites for hydroxylation is 2. The number of rotatable bonds is 2. The van der Waals surface area contributed by atoms with Crippen LogP contribution in [0.15, 0.2) is 24.3 Å². The van der Waals surface area contributed by atoms with Gasteiger partial charge in [0.25, 0.3) is 0 Å². The van der Waals surface area contributed by atoms with Gasteiger partial charge >= 0.3 is 0 Å². The van der Waals surface area contributed by atoms with Gasteiger partial charge in [0.15, 0.2) is 0 Å². The van der Waals surface area contributed by atoms with E-state index in [1.54, 1.807) is 13.8 Å². The van der Waals surface area contributed by atoms with Crippen molar-refractivity contribution < 1.29 is 8.78 Å². The molecule has 0 fully saturated rings. The predicted molar refractivity (Wildman–Crippen MR) is 97.0 cm³/mol. The molecule has 0 heterocycles.